The van der Waals surface area contributed by atoms with Crippen molar-refractivity contribution in [3.63, 3.8) is 0 Å². The van der Waals surface area contributed by atoms with E-state index in [2.05, 4.69) is 20.9 Å². The number of likely N-dealkylation sites (tertiary alicyclic amines) is 1. The molecular weight excluding hydrogens is 870 g/mol. The van der Waals surface area contributed by atoms with Gasteiger partial charge in [-0.25, -0.2) is 14.2 Å². The summed E-state index contributed by atoms with van der Waals surface area (Å²) >= 11 is 2.93. The summed E-state index contributed by atoms with van der Waals surface area (Å²) < 4.78 is 47.4. The first-order valence-corrected chi connectivity index (χ1v) is 23.2. The molecule has 19 heteroatoms. The van der Waals surface area contributed by atoms with Crippen molar-refractivity contribution in [2.24, 2.45) is 0 Å². The number of nitrogens with zero attached hydrogens (tertiary/aromatic N) is 2. The quantitative estimate of drug-likeness (QED) is 0.0803. The summed E-state index contributed by atoms with van der Waals surface area (Å²) in [5.74, 6) is -0.451. The van der Waals surface area contributed by atoms with Gasteiger partial charge in [0.05, 0.1) is 74.6 Å². The van der Waals surface area contributed by atoms with Crippen LogP contribution in [0.1, 0.15) is 65.1 Å². The van der Waals surface area contributed by atoms with Gasteiger partial charge in [0, 0.05) is 36.1 Å². The Labute approximate surface area is 382 Å². The number of ether oxygens (including phenoxy) is 6. The number of thiazole rings is 1. The second kappa shape index (κ2) is 23.1. The van der Waals surface area contributed by atoms with Crippen LogP contribution in [0.4, 0.5) is 14.9 Å². The molecule has 3 aromatic rings. The largest absolute Gasteiger partial charge is 0.494 e. The Morgan fingerprint density at radius 3 is 2.23 bits per heavy atom. The minimum absolute atomic E-state index is 0.0308. The van der Waals surface area contributed by atoms with Crippen molar-refractivity contribution in [2.75, 3.05) is 71.0 Å². The third-order valence-corrected chi connectivity index (χ3v) is 12.7. The fourth-order valence-corrected chi connectivity index (χ4v) is 8.61. The van der Waals surface area contributed by atoms with Gasteiger partial charge >= 0.3 is 6.09 Å². The van der Waals surface area contributed by atoms with Crippen molar-refractivity contribution in [3.05, 3.63) is 59.2 Å². The highest BCUT2D eigenvalue weighted by Crippen LogP contribution is 2.41. The van der Waals surface area contributed by atoms with Crippen LogP contribution in [-0.4, -0.2) is 139 Å². The molecule has 2 aromatic carbocycles. The normalized spacial score (nSPS) is 17.4. The van der Waals surface area contributed by atoms with Crippen LogP contribution in [0.25, 0.3) is 10.4 Å². The van der Waals surface area contributed by atoms with Crippen LogP contribution in [-0.2, 0) is 39.9 Å². The summed E-state index contributed by atoms with van der Waals surface area (Å²) in [4.78, 5) is 59.6. The van der Waals surface area contributed by atoms with Gasteiger partial charge in [-0.05, 0) is 77.6 Å². The lowest BCUT2D eigenvalue weighted by atomic mass is 10.00. The number of aliphatic hydroxyl groups is 1. The number of hydrogen-bond donors (Lipinski definition) is 4. The summed E-state index contributed by atoms with van der Waals surface area (Å²) in [7, 11) is 1.49. The summed E-state index contributed by atoms with van der Waals surface area (Å²) in [6.07, 6.45) is -1.36. The van der Waals surface area contributed by atoms with Gasteiger partial charge in [0.1, 0.15) is 35.8 Å². The molecule has 0 radical (unpaired) electrons. The maximum Gasteiger partial charge on any atom is 0.412 e. The number of hydrogen-bond acceptors (Lipinski definition) is 14. The van der Waals surface area contributed by atoms with Gasteiger partial charge in [-0.1, -0.05) is 24.3 Å². The number of nitrogens with one attached hydrogen (secondary N) is 3. The summed E-state index contributed by atoms with van der Waals surface area (Å²) in [6.45, 7) is 13.2. The zero-order chi connectivity index (χ0) is 46.5. The van der Waals surface area contributed by atoms with Gasteiger partial charge in [-0.15, -0.1) is 11.3 Å². The van der Waals surface area contributed by atoms with Crippen molar-refractivity contribution in [1.29, 1.82) is 0 Å². The van der Waals surface area contributed by atoms with E-state index in [1.54, 1.807) is 69.7 Å². The van der Waals surface area contributed by atoms with Crippen LogP contribution in [0, 0.1) is 6.92 Å². The number of methoxy groups -OCH3 is 1. The van der Waals surface area contributed by atoms with Crippen molar-refractivity contribution in [1.82, 2.24) is 20.5 Å². The number of halogens is 1. The number of β-amino-alcohol motifs (C(OH)–C–C–N with tert-alkyl or cyclic N) is 1. The maximum absolute atomic E-state index is 14.9. The Kier molecular flexibility index (Phi) is 18.2. The summed E-state index contributed by atoms with van der Waals surface area (Å²) in [5.41, 5.74) is 2.42. The summed E-state index contributed by atoms with van der Waals surface area (Å²) in [5, 5.41) is 18.9. The second-order valence-electron chi connectivity index (χ2n) is 17.1. The predicted molar refractivity (Wildman–Crippen MR) is 243 cm³/mol. The Bertz CT molecular complexity index is 2030. The van der Waals surface area contributed by atoms with Crippen LogP contribution in [0.5, 0.6) is 11.5 Å². The first-order valence-electron chi connectivity index (χ1n) is 21.3. The molecule has 4 amide bonds. The van der Waals surface area contributed by atoms with Gasteiger partial charge in [-0.3, -0.25) is 19.7 Å². The summed E-state index contributed by atoms with van der Waals surface area (Å²) in [6, 6.07) is 10.6. The fourth-order valence-electron chi connectivity index (χ4n) is 6.75. The molecule has 1 saturated heterocycles. The third-order valence-electron chi connectivity index (χ3n) is 10.4. The van der Waals surface area contributed by atoms with E-state index in [4.69, 9.17) is 28.4 Å². The number of aromatic nitrogens is 1. The van der Waals surface area contributed by atoms with Gasteiger partial charge in [0.2, 0.25) is 11.8 Å². The molecule has 3 atom stereocenters. The first-order chi connectivity index (χ1) is 30.4. The van der Waals surface area contributed by atoms with Gasteiger partial charge in [0.15, 0.2) is 5.67 Å². The van der Waals surface area contributed by atoms with Crippen LogP contribution in [0.2, 0.25) is 0 Å². The molecule has 0 spiro atoms. The molecule has 1 aromatic heterocycles. The van der Waals surface area contributed by atoms with E-state index in [0.29, 0.717) is 62.6 Å². The number of alkyl halides is 1. The Hall–Kier alpha value is -4.53. The van der Waals surface area contributed by atoms with E-state index in [9.17, 15) is 28.7 Å². The van der Waals surface area contributed by atoms with E-state index >= 15 is 0 Å². The highest BCUT2D eigenvalue weighted by molar-refractivity contribution is 8.00. The molecule has 1 unspecified atom stereocenters. The van der Waals surface area contributed by atoms with Crippen LogP contribution >= 0.6 is 23.1 Å². The minimum Gasteiger partial charge on any atom is -0.494 e. The van der Waals surface area contributed by atoms with E-state index in [1.807, 2.05) is 31.2 Å². The predicted octanol–water partition coefficient (Wildman–Crippen LogP) is 5.68. The molecule has 4 N–H and O–H groups in total. The maximum atomic E-state index is 14.9. The molecule has 2 aliphatic rings. The standard InChI is InChI=1S/C45H62FN5O11S2/c1-29-37(63-28-48-29)31-10-8-30(9-11-31)26-47-39(53)35-24-32(52)27-51(35)40(54)38(50-41(55)45(46)14-15-45)44(5,6)64-23-22-60-19-18-58-16-17-59-20-21-61-33-12-13-34(36(25-33)57-7)49-42(56)62-43(2,3)4/h8-13,25,28,32,35,38,52H,14-24,26-27H2,1-7H3,(H,47,53)(H,49,56)(H,50,55)/t32-,35?,38-/m1/s1. The lowest BCUT2D eigenvalue weighted by Gasteiger charge is -2.37. The molecule has 1 aliphatic carbocycles. The van der Waals surface area contributed by atoms with Crippen LogP contribution in [0.3, 0.4) is 0 Å². The molecular formula is C45H62FN5O11S2. The average Bonchev–Trinajstić information content (AvgIpc) is 3.65. The van der Waals surface area contributed by atoms with E-state index < -0.39 is 58.0 Å². The molecule has 0 bridgehead atoms. The molecule has 1 saturated carbocycles. The Morgan fingerprint density at radius 1 is 0.969 bits per heavy atom. The van der Waals surface area contributed by atoms with Gasteiger partial charge in [-0.2, -0.15) is 11.8 Å². The molecule has 1 aliphatic heterocycles. The zero-order valence-electron chi connectivity index (χ0n) is 37.7. The Balaban J connectivity index is 1.00. The first kappa shape index (κ1) is 50.5. The van der Waals surface area contributed by atoms with Gasteiger partial charge < -0.3 is 49.1 Å². The van der Waals surface area contributed by atoms with E-state index in [1.165, 1.54) is 23.8 Å². The molecule has 16 nitrogen and oxygen atoms in total. The highest BCUT2D eigenvalue weighted by atomic mass is 32.2. The lowest BCUT2D eigenvalue weighted by molar-refractivity contribution is -0.143. The number of rotatable bonds is 24. The monoisotopic (exact) mass is 931 g/mol. The molecule has 2 fully saturated rings. The number of aliphatic hydroxyl groups excluding tert-OH is 1. The number of carbonyl (C=O) groups excluding carboxylic acids is 4. The van der Waals surface area contributed by atoms with E-state index in [-0.39, 0.29) is 39.0 Å². The average molecular weight is 932 g/mol. The molecule has 64 heavy (non-hydrogen) atoms. The molecule has 5 rings (SSSR count). The highest BCUT2D eigenvalue weighted by Gasteiger charge is 2.54. The van der Waals surface area contributed by atoms with E-state index in [0.717, 1.165) is 21.7 Å². The number of anilines is 1. The van der Waals surface area contributed by atoms with Crippen LogP contribution < -0.4 is 25.4 Å². The lowest BCUT2D eigenvalue weighted by Crippen LogP contribution is -2.61. The number of benzene rings is 2. The van der Waals surface area contributed by atoms with Crippen molar-refractivity contribution >= 4 is 52.6 Å². The van der Waals surface area contributed by atoms with Crippen molar-refractivity contribution in [2.45, 2.75) is 102 Å². The number of carbonyl (C=O) groups is 4. The minimum atomic E-state index is -2.02. The van der Waals surface area contributed by atoms with Crippen molar-refractivity contribution < 1.29 is 57.1 Å². The smallest absolute Gasteiger partial charge is 0.412 e. The SMILES string of the molecule is COc1cc(OCCOCCOCCOCCSC(C)(C)[C@H](NC(=O)C2(F)CC2)C(=O)N2C[C@H](O)CC2C(=O)NCc2ccc(-c3scnc3C)cc2)ccc1NC(=O)OC(C)(C)C. The Morgan fingerprint density at radius 2 is 1.62 bits per heavy atom. The molecule has 352 valence electrons. The number of amides is 4. The van der Waals surface area contributed by atoms with Crippen molar-refractivity contribution in [3.8, 4) is 21.9 Å². The van der Waals surface area contributed by atoms with Crippen LogP contribution in [0.15, 0.2) is 48.0 Å². The second-order valence-corrected chi connectivity index (χ2v) is 19.7. The fraction of sp³-hybridized carbons (Fsp3) is 0.578. The number of aryl methyl sites for hydroxylation is 1. The zero-order valence-corrected chi connectivity index (χ0v) is 39.3. The number of thioether (sulfide) groups is 1. The molecule has 2 heterocycles. The third kappa shape index (κ3) is 15.0. The van der Waals surface area contributed by atoms with Gasteiger partial charge in [0.25, 0.3) is 5.91 Å². The topological polar surface area (TPSA) is 196 Å².